The van der Waals surface area contributed by atoms with Gasteiger partial charge in [-0.25, -0.2) is 16.8 Å². The Labute approximate surface area is 241 Å². The van der Waals surface area contributed by atoms with Crippen molar-refractivity contribution >= 4 is 37.1 Å². The predicted molar refractivity (Wildman–Crippen MR) is 158 cm³/mol. The van der Waals surface area contributed by atoms with Crippen LogP contribution in [-0.2, 0) is 35.8 Å². The Morgan fingerprint density at radius 2 is 1.63 bits per heavy atom. The molecular weight excluding hydrogens is 568 g/mol. The van der Waals surface area contributed by atoms with Crippen LogP contribution in [0.2, 0.25) is 0 Å². The molecule has 0 radical (unpaired) electrons. The molecule has 10 nitrogen and oxygen atoms in total. The van der Waals surface area contributed by atoms with Crippen LogP contribution in [0.1, 0.15) is 29.8 Å². The third kappa shape index (κ3) is 7.25. The summed E-state index contributed by atoms with van der Waals surface area (Å²) < 4.78 is 67.2. The van der Waals surface area contributed by atoms with Crippen molar-refractivity contribution in [2.45, 2.75) is 30.4 Å². The first-order valence-corrected chi connectivity index (χ1v) is 16.4. The Kier molecular flexibility index (Phi) is 9.37. The lowest BCUT2D eigenvalue weighted by atomic mass is 9.94. The summed E-state index contributed by atoms with van der Waals surface area (Å²) in [6.07, 6.45) is 1.62. The smallest absolute Gasteiger partial charge is 0.258 e. The lowest BCUT2D eigenvalue weighted by Gasteiger charge is -2.29. The molecule has 0 unspecified atom stereocenters. The highest BCUT2D eigenvalue weighted by Gasteiger charge is 2.27. The van der Waals surface area contributed by atoms with Gasteiger partial charge in [-0.3, -0.25) is 9.52 Å². The van der Waals surface area contributed by atoms with Crippen LogP contribution < -0.4 is 14.4 Å². The maximum Gasteiger partial charge on any atom is 0.258 e. The van der Waals surface area contributed by atoms with Crippen LogP contribution in [0.15, 0.2) is 65.6 Å². The van der Waals surface area contributed by atoms with Crippen molar-refractivity contribution < 1.29 is 35.8 Å². The minimum absolute atomic E-state index is 0.101. The van der Waals surface area contributed by atoms with E-state index in [1.165, 1.54) is 0 Å². The van der Waals surface area contributed by atoms with E-state index in [2.05, 4.69) is 4.72 Å². The summed E-state index contributed by atoms with van der Waals surface area (Å²) in [4.78, 5) is 15.4. The number of amides is 1. The van der Waals surface area contributed by atoms with E-state index < -0.39 is 25.1 Å². The third-order valence-corrected chi connectivity index (χ3v) is 9.38. The number of benzene rings is 3. The van der Waals surface area contributed by atoms with Gasteiger partial charge in [0.2, 0.25) is 10.0 Å². The van der Waals surface area contributed by atoms with Gasteiger partial charge in [-0.2, -0.15) is 0 Å². The molecule has 1 heterocycles. The molecule has 12 heteroatoms. The van der Waals surface area contributed by atoms with Crippen molar-refractivity contribution in [2.75, 3.05) is 49.5 Å². The molecule has 0 spiro atoms. The number of ether oxygens (including phenoxy) is 3. The second-order valence-corrected chi connectivity index (χ2v) is 14.2. The van der Waals surface area contributed by atoms with Gasteiger partial charge in [-0.05, 0) is 73.4 Å². The van der Waals surface area contributed by atoms with E-state index in [1.54, 1.807) is 74.4 Å². The molecule has 0 bridgehead atoms. The summed E-state index contributed by atoms with van der Waals surface area (Å²) in [5.74, 6) is 0.0522. The molecule has 0 atom stereocenters. The molecular formula is C29H34N2O8S2. The van der Waals surface area contributed by atoms with E-state index in [0.29, 0.717) is 37.4 Å². The molecule has 0 aliphatic carbocycles. The van der Waals surface area contributed by atoms with Gasteiger partial charge in [0, 0.05) is 24.9 Å². The van der Waals surface area contributed by atoms with Gasteiger partial charge in [0.1, 0.15) is 5.75 Å². The molecule has 4 rings (SSSR count). The van der Waals surface area contributed by atoms with Gasteiger partial charge >= 0.3 is 0 Å². The number of hydrogen-bond acceptors (Lipinski definition) is 8. The summed E-state index contributed by atoms with van der Waals surface area (Å²) >= 11 is 0. The van der Waals surface area contributed by atoms with Crippen LogP contribution in [0.4, 0.5) is 11.4 Å². The molecule has 0 fully saturated rings. The SMILES string of the molecule is COCCOCOc1ccc(N2CCc3cc(-c4ccc(S(=O)(=O)C(C)C)cc4)ccc3C2=O)cc1NS(C)(=O)=O. The van der Waals surface area contributed by atoms with Crippen molar-refractivity contribution in [1.29, 1.82) is 0 Å². The number of fused-ring (bicyclic) bond motifs is 1. The first-order chi connectivity index (χ1) is 19.4. The Bertz CT molecular complexity index is 1620. The minimum atomic E-state index is -3.62. The lowest BCUT2D eigenvalue weighted by molar-refractivity contribution is -0.00814. The Morgan fingerprint density at radius 3 is 2.29 bits per heavy atom. The zero-order chi connectivity index (χ0) is 29.8. The third-order valence-electron chi connectivity index (χ3n) is 6.62. The largest absolute Gasteiger partial charge is 0.465 e. The average molecular weight is 603 g/mol. The minimum Gasteiger partial charge on any atom is -0.465 e. The molecule has 1 aliphatic rings. The summed E-state index contributed by atoms with van der Waals surface area (Å²) in [7, 11) is -5.43. The number of carbonyl (C=O) groups excluding carboxylic acids is 1. The predicted octanol–water partition coefficient (Wildman–Crippen LogP) is 4.11. The summed E-state index contributed by atoms with van der Waals surface area (Å²) in [6.45, 7) is 4.30. The summed E-state index contributed by atoms with van der Waals surface area (Å²) in [5.41, 5.74) is 3.87. The molecule has 0 saturated carbocycles. The molecule has 1 N–H and O–H groups in total. The molecule has 0 aromatic heterocycles. The van der Waals surface area contributed by atoms with E-state index in [-0.39, 0.29) is 29.0 Å². The number of methoxy groups -OCH3 is 1. The number of nitrogens with one attached hydrogen (secondary N) is 1. The van der Waals surface area contributed by atoms with Crippen LogP contribution in [0.3, 0.4) is 0 Å². The van der Waals surface area contributed by atoms with E-state index in [9.17, 15) is 21.6 Å². The van der Waals surface area contributed by atoms with Gasteiger partial charge in [-0.1, -0.05) is 24.3 Å². The Morgan fingerprint density at radius 1 is 0.927 bits per heavy atom. The van der Waals surface area contributed by atoms with Crippen LogP contribution in [-0.4, -0.2) is 67.9 Å². The van der Waals surface area contributed by atoms with E-state index in [0.717, 1.165) is 22.9 Å². The fraction of sp³-hybridized carbons (Fsp3) is 0.345. The van der Waals surface area contributed by atoms with E-state index in [4.69, 9.17) is 14.2 Å². The number of anilines is 2. The monoisotopic (exact) mass is 602 g/mol. The highest BCUT2D eigenvalue weighted by molar-refractivity contribution is 7.92. The number of sulfonamides is 1. The topological polar surface area (TPSA) is 128 Å². The maximum absolute atomic E-state index is 13.5. The molecule has 3 aromatic rings. The molecule has 0 saturated heterocycles. The first kappa shape index (κ1) is 30.5. The van der Waals surface area contributed by atoms with Crippen molar-refractivity contribution in [3.05, 3.63) is 71.8 Å². The van der Waals surface area contributed by atoms with E-state index in [1.807, 2.05) is 12.1 Å². The van der Waals surface area contributed by atoms with Crippen molar-refractivity contribution in [3.63, 3.8) is 0 Å². The number of sulfone groups is 1. The van der Waals surface area contributed by atoms with Crippen molar-refractivity contribution in [3.8, 4) is 16.9 Å². The standard InChI is InChI=1S/C29H34N2O8S2/c1-20(2)41(35,36)25-9-5-21(6-10-25)22-7-11-26-23(17-22)13-14-31(29(26)32)24-8-12-28(39-19-38-16-15-37-3)27(18-24)30-40(4,33)34/h5-12,17-18,20,30H,13-16,19H2,1-4H3. The normalized spacial score (nSPS) is 13.8. The fourth-order valence-electron chi connectivity index (χ4n) is 4.42. The van der Waals surface area contributed by atoms with Crippen molar-refractivity contribution in [2.24, 2.45) is 0 Å². The van der Waals surface area contributed by atoms with Crippen LogP contribution >= 0.6 is 0 Å². The van der Waals surface area contributed by atoms with Gasteiger partial charge in [0.15, 0.2) is 16.6 Å². The molecule has 41 heavy (non-hydrogen) atoms. The van der Waals surface area contributed by atoms with Crippen LogP contribution in [0.25, 0.3) is 11.1 Å². The van der Waals surface area contributed by atoms with Gasteiger partial charge < -0.3 is 19.1 Å². The molecule has 1 aliphatic heterocycles. The van der Waals surface area contributed by atoms with Crippen molar-refractivity contribution in [1.82, 2.24) is 0 Å². The first-order valence-electron chi connectivity index (χ1n) is 13.0. The highest BCUT2D eigenvalue weighted by Crippen LogP contribution is 2.34. The van der Waals surface area contributed by atoms with Gasteiger partial charge in [0.25, 0.3) is 5.91 Å². The van der Waals surface area contributed by atoms with Crippen LogP contribution in [0, 0.1) is 0 Å². The van der Waals surface area contributed by atoms with Crippen LogP contribution in [0.5, 0.6) is 5.75 Å². The van der Waals surface area contributed by atoms with Gasteiger partial charge in [0.05, 0.1) is 35.3 Å². The van der Waals surface area contributed by atoms with Gasteiger partial charge in [-0.15, -0.1) is 0 Å². The second-order valence-electron chi connectivity index (χ2n) is 9.91. The Balaban J connectivity index is 1.55. The quantitative estimate of drug-likeness (QED) is 0.242. The number of nitrogens with zero attached hydrogens (tertiary/aromatic N) is 1. The van der Waals surface area contributed by atoms with E-state index >= 15 is 0 Å². The second kappa shape index (κ2) is 12.6. The highest BCUT2D eigenvalue weighted by atomic mass is 32.2. The number of hydrogen-bond donors (Lipinski definition) is 1. The number of rotatable bonds is 12. The fourth-order valence-corrected chi connectivity index (χ4v) is 6.04. The molecule has 3 aromatic carbocycles. The summed E-state index contributed by atoms with van der Waals surface area (Å²) in [6, 6.07) is 17.2. The summed E-state index contributed by atoms with van der Waals surface area (Å²) in [5, 5.41) is -0.506. The number of carbonyl (C=O) groups is 1. The lowest BCUT2D eigenvalue weighted by Crippen LogP contribution is -2.37. The zero-order valence-electron chi connectivity index (χ0n) is 23.4. The zero-order valence-corrected chi connectivity index (χ0v) is 25.0. The molecule has 220 valence electrons. The Hall–Kier alpha value is -3.45. The average Bonchev–Trinajstić information content (AvgIpc) is 2.93. The maximum atomic E-state index is 13.5. The molecule has 1 amide bonds.